The van der Waals surface area contributed by atoms with E-state index in [1.165, 1.54) is 0 Å². The van der Waals surface area contributed by atoms with Gasteiger partial charge in [0.25, 0.3) is 0 Å². The van der Waals surface area contributed by atoms with Gasteiger partial charge in [-0.25, -0.2) is 0 Å². The van der Waals surface area contributed by atoms with Gasteiger partial charge in [0, 0.05) is 20.2 Å². The molecule has 2 atom stereocenters. The van der Waals surface area contributed by atoms with Gasteiger partial charge in [0.05, 0.1) is 19.1 Å². The summed E-state index contributed by atoms with van der Waals surface area (Å²) in [6, 6.07) is 0. The Morgan fingerprint density at radius 3 is 3.00 bits per heavy atom. The summed E-state index contributed by atoms with van der Waals surface area (Å²) >= 11 is 0. The van der Waals surface area contributed by atoms with E-state index in [0.29, 0.717) is 12.5 Å². The first-order valence-electron chi connectivity index (χ1n) is 5.73. The molecule has 1 aliphatic rings. The number of carboxylic acids is 1. The normalized spacial score (nSPS) is 24.2. The number of hydrogen-bond acceptors (Lipinski definition) is 4. The molecule has 1 aliphatic heterocycles. The first kappa shape index (κ1) is 13.4. The number of piperidine rings is 1. The molecule has 1 fully saturated rings. The fraction of sp³-hybridized carbons (Fsp3) is 0.909. The highest BCUT2D eigenvalue weighted by molar-refractivity contribution is 5.67. The van der Waals surface area contributed by atoms with Crippen molar-refractivity contribution in [3.8, 4) is 0 Å². The molecule has 0 aromatic rings. The van der Waals surface area contributed by atoms with Crippen LogP contribution in [-0.2, 0) is 9.53 Å². The third kappa shape index (κ3) is 4.92. The Hall–Kier alpha value is -0.650. The molecule has 0 radical (unpaired) electrons. The number of aliphatic carboxylic acids is 1. The van der Waals surface area contributed by atoms with Gasteiger partial charge >= 0.3 is 5.97 Å². The predicted octanol–water partition coefficient (Wildman–Crippen LogP) is 0.180. The van der Waals surface area contributed by atoms with E-state index in [9.17, 15) is 9.90 Å². The lowest BCUT2D eigenvalue weighted by molar-refractivity contribution is -0.139. The molecule has 0 bridgehead atoms. The van der Waals surface area contributed by atoms with E-state index in [2.05, 4.69) is 4.90 Å². The molecule has 0 aliphatic carbocycles. The van der Waals surface area contributed by atoms with Crippen LogP contribution >= 0.6 is 0 Å². The van der Waals surface area contributed by atoms with Gasteiger partial charge in [-0.3, -0.25) is 4.79 Å². The van der Waals surface area contributed by atoms with Crippen LogP contribution in [0.2, 0.25) is 0 Å². The third-order valence-electron chi connectivity index (χ3n) is 2.88. The van der Waals surface area contributed by atoms with Crippen LogP contribution in [0.15, 0.2) is 0 Å². The SMILES string of the molecule is COCC1CCCN(CC(O)CC(=O)O)C1. The maximum absolute atomic E-state index is 10.4. The summed E-state index contributed by atoms with van der Waals surface area (Å²) < 4.78 is 5.12. The molecular weight excluding hydrogens is 210 g/mol. The highest BCUT2D eigenvalue weighted by Gasteiger charge is 2.22. The molecule has 16 heavy (non-hydrogen) atoms. The van der Waals surface area contributed by atoms with Crippen LogP contribution in [-0.4, -0.2) is 60.5 Å². The average molecular weight is 231 g/mol. The fourth-order valence-corrected chi connectivity index (χ4v) is 2.25. The van der Waals surface area contributed by atoms with Crippen LogP contribution < -0.4 is 0 Å². The molecule has 0 aromatic heterocycles. The summed E-state index contributed by atoms with van der Waals surface area (Å²) in [5.74, 6) is -0.436. The molecule has 0 saturated carbocycles. The Labute approximate surface area is 96.0 Å². The van der Waals surface area contributed by atoms with Gasteiger partial charge < -0.3 is 19.8 Å². The minimum atomic E-state index is -0.946. The number of hydrogen-bond donors (Lipinski definition) is 2. The largest absolute Gasteiger partial charge is 0.481 e. The van der Waals surface area contributed by atoms with E-state index < -0.39 is 12.1 Å². The van der Waals surface area contributed by atoms with Gasteiger partial charge in [0.15, 0.2) is 0 Å². The highest BCUT2D eigenvalue weighted by Crippen LogP contribution is 2.17. The Kier molecular flexibility index (Phi) is 5.73. The molecule has 0 spiro atoms. The quantitative estimate of drug-likeness (QED) is 0.682. The summed E-state index contributed by atoms with van der Waals surface area (Å²) in [7, 11) is 1.69. The summed E-state index contributed by atoms with van der Waals surface area (Å²) in [4.78, 5) is 12.5. The molecule has 5 nitrogen and oxygen atoms in total. The van der Waals surface area contributed by atoms with Gasteiger partial charge in [0.2, 0.25) is 0 Å². The number of carbonyl (C=O) groups is 1. The molecular formula is C11H21NO4. The van der Waals surface area contributed by atoms with Crippen LogP contribution in [0.1, 0.15) is 19.3 Å². The van der Waals surface area contributed by atoms with E-state index >= 15 is 0 Å². The number of aliphatic hydroxyl groups excluding tert-OH is 1. The Morgan fingerprint density at radius 2 is 2.38 bits per heavy atom. The summed E-state index contributed by atoms with van der Waals surface area (Å²) in [5, 5.41) is 18.1. The topological polar surface area (TPSA) is 70.0 Å². The van der Waals surface area contributed by atoms with Crippen molar-refractivity contribution in [2.45, 2.75) is 25.4 Å². The van der Waals surface area contributed by atoms with Crippen molar-refractivity contribution in [2.24, 2.45) is 5.92 Å². The Bertz CT molecular complexity index is 220. The maximum atomic E-state index is 10.4. The monoisotopic (exact) mass is 231 g/mol. The van der Waals surface area contributed by atoms with Gasteiger partial charge in [-0.1, -0.05) is 0 Å². The average Bonchev–Trinajstić information content (AvgIpc) is 2.17. The molecule has 1 rings (SSSR count). The van der Waals surface area contributed by atoms with Crippen molar-refractivity contribution in [2.75, 3.05) is 33.4 Å². The smallest absolute Gasteiger partial charge is 0.306 e. The van der Waals surface area contributed by atoms with Gasteiger partial charge in [-0.05, 0) is 25.3 Å². The second-order valence-electron chi connectivity index (χ2n) is 4.47. The van der Waals surface area contributed by atoms with E-state index in [1.54, 1.807) is 7.11 Å². The lowest BCUT2D eigenvalue weighted by atomic mass is 9.98. The molecule has 94 valence electrons. The van der Waals surface area contributed by atoms with Crippen LogP contribution in [0.5, 0.6) is 0 Å². The zero-order chi connectivity index (χ0) is 12.0. The lowest BCUT2D eigenvalue weighted by Gasteiger charge is -2.33. The molecule has 0 aromatic carbocycles. The third-order valence-corrected chi connectivity index (χ3v) is 2.88. The van der Waals surface area contributed by atoms with Gasteiger partial charge in [0.1, 0.15) is 0 Å². The minimum Gasteiger partial charge on any atom is -0.481 e. The van der Waals surface area contributed by atoms with Crippen molar-refractivity contribution in [1.82, 2.24) is 4.90 Å². The molecule has 2 N–H and O–H groups in total. The number of carboxylic acid groups (broad SMARTS) is 1. The van der Waals surface area contributed by atoms with Gasteiger partial charge in [-0.15, -0.1) is 0 Å². The van der Waals surface area contributed by atoms with Crippen LogP contribution in [0.4, 0.5) is 0 Å². The molecule has 1 heterocycles. The maximum Gasteiger partial charge on any atom is 0.306 e. The molecule has 5 heteroatoms. The first-order chi connectivity index (χ1) is 7.61. The number of likely N-dealkylation sites (tertiary alicyclic amines) is 1. The van der Waals surface area contributed by atoms with E-state index in [0.717, 1.165) is 32.5 Å². The van der Waals surface area contributed by atoms with E-state index in [4.69, 9.17) is 9.84 Å². The van der Waals surface area contributed by atoms with Crippen LogP contribution in [0.3, 0.4) is 0 Å². The molecule has 0 amide bonds. The van der Waals surface area contributed by atoms with Crippen molar-refractivity contribution >= 4 is 5.97 Å². The second kappa shape index (κ2) is 6.83. The summed E-state index contributed by atoms with van der Waals surface area (Å²) in [6.07, 6.45) is 1.30. The zero-order valence-electron chi connectivity index (χ0n) is 9.76. The number of nitrogens with zero attached hydrogens (tertiary/aromatic N) is 1. The predicted molar refractivity (Wildman–Crippen MR) is 59.3 cm³/mol. The van der Waals surface area contributed by atoms with E-state index in [-0.39, 0.29) is 6.42 Å². The van der Waals surface area contributed by atoms with Crippen molar-refractivity contribution < 1.29 is 19.7 Å². The summed E-state index contributed by atoms with van der Waals surface area (Å²) in [5.41, 5.74) is 0. The number of aliphatic hydroxyl groups is 1. The number of rotatable bonds is 6. The number of ether oxygens (including phenoxy) is 1. The van der Waals surface area contributed by atoms with Crippen molar-refractivity contribution in [1.29, 1.82) is 0 Å². The fourth-order valence-electron chi connectivity index (χ4n) is 2.25. The standard InChI is InChI=1S/C11H21NO4/c1-16-8-9-3-2-4-12(6-9)7-10(13)5-11(14)15/h9-10,13H,2-8H2,1H3,(H,14,15). The number of methoxy groups -OCH3 is 1. The second-order valence-corrected chi connectivity index (χ2v) is 4.47. The lowest BCUT2D eigenvalue weighted by Crippen LogP contribution is -2.41. The van der Waals surface area contributed by atoms with E-state index in [1.807, 2.05) is 0 Å². The molecule has 1 saturated heterocycles. The van der Waals surface area contributed by atoms with Crippen molar-refractivity contribution in [3.05, 3.63) is 0 Å². The van der Waals surface area contributed by atoms with Crippen LogP contribution in [0.25, 0.3) is 0 Å². The minimum absolute atomic E-state index is 0.175. The molecule has 2 unspecified atom stereocenters. The Morgan fingerprint density at radius 1 is 1.62 bits per heavy atom. The first-order valence-corrected chi connectivity index (χ1v) is 5.73. The summed E-state index contributed by atoms with van der Waals surface area (Å²) in [6.45, 7) is 3.03. The van der Waals surface area contributed by atoms with Gasteiger partial charge in [-0.2, -0.15) is 0 Å². The zero-order valence-corrected chi connectivity index (χ0v) is 9.76. The number of β-amino-alcohol motifs (C(OH)–C–C–N with tert-alkyl or cyclic N) is 1. The van der Waals surface area contributed by atoms with Crippen molar-refractivity contribution in [3.63, 3.8) is 0 Å². The highest BCUT2D eigenvalue weighted by atomic mass is 16.5. The van der Waals surface area contributed by atoms with Crippen LogP contribution in [0, 0.1) is 5.92 Å². The Balaban J connectivity index is 2.28.